The monoisotopic (exact) mass is 249 g/mol. The number of nitrogens with one attached hydrogen (secondary N) is 1. The van der Waals surface area contributed by atoms with Crippen molar-refractivity contribution in [1.29, 1.82) is 0 Å². The molecule has 1 unspecified atom stereocenters. The van der Waals surface area contributed by atoms with Crippen molar-refractivity contribution < 1.29 is 5.11 Å². The summed E-state index contributed by atoms with van der Waals surface area (Å²) in [6.45, 7) is 2.32. The summed E-state index contributed by atoms with van der Waals surface area (Å²) in [5.41, 5.74) is 2.20. The maximum absolute atomic E-state index is 9.42. The van der Waals surface area contributed by atoms with Gasteiger partial charge < -0.3 is 15.0 Å². The molecular weight excluding hydrogens is 226 g/mol. The molecule has 4 heteroatoms. The van der Waals surface area contributed by atoms with E-state index in [2.05, 4.69) is 14.9 Å². The number of hydrogen-bond acceptors (Lipinski definition) is 3. The Bertz CT molecular complexity index is 407. The van der Waals surface area contributed by atoms with Gasteiger partial charge in [0.05, 0.1) is 12.3 Å². The minimum Gasteiger partial charge on any atom is -0.390 e. The molecule has 18 heavy (non-hydrogen) atoms. The van der Waals surface area contributed by atoms with Crippen LogP contribution in [0.15, 0.2) is 0 Å². The van der Waals surface area contributed by atoms with Gasteiger partial charge in [0.1, 0.15) is 5.82 Å². The summed E-state index contributed by atoms with van der Waals surface area (Å²) in [5, 5.41) is 13.0. The van der Waals surface area contributed by atoms with Crippen LogP contribution in [0, 0.1) is 0 Å². The van der Waals surface area contributed by atoms with Gasteiger partial charge in [0.25, 0.3) is 0 Å². The number of piperidine rings is 1. The summed E-state index contributed by atoms with van der Waals surface area (Å²) in [6, 6.07) is 0.582. The first-order valence-corrected chi connectivity index (χ1v) is 7.30. The highest BCUT2D eigenvalue weighted by molar-refractivity contribution is 5.19. The molecule has 4 nitrogen and oxygen atoms in total. The second-order valence-electron chi connectivity index (χ2n) is 5.54. The molecule has 2 aliphatic rings. The van der Waals surface area contributed by atoms with E-state index in [1.807, 2.05) is 0 Å². The van der Waals surface area contributed by atoms with E-state index >= 15 is 0 Å². The summed E-state index contributed by atoms with van der Waals surface area (Å²) in [5.74, 6) is 1.19. The van der Waals surface area contributed by atoms with Crippen molar-refractivity contribution in [3.63, 3.8) is 0 Å². The standard InChI is InChI=1S/C14H23N3O/c18-10-12-13-6-2-4-8-17(13)14(16-12)9-11-5-1-3-7-15-11/h11,15,18H,1-10H2. The zero-order valence-electron chi connectivity index (χ0n) is 11.0. The van der Waals surface area contributed by atoms with Gasteiger partial charge in [-0.05, 0) is 38.6 Å². The molecule has 3 heterocycles. The van der Waals surface area contributed by atoms with Gasteiger partial charge >= 0.3 is 0 Å². The molecule has 1 aromatic rings. The van der Waals surface area contributed by atoms with Crippen LogP contribution in [0.2, 0.25) is 0 Å². The number of imidazole rings is 1. The van der Waals surface area contributed by atoms with Crippen LogP contribution in [-0.2, 0) is 26.0 Å². The van der Waals surface area contributed by atoms with E-state index in [0.717, 1.165) is 31.6 Å². The van der Waals surface area contributed by atoms with E-state index in [9.17, 15) is 5.11 Å². The number of aromatic nitrogens is 2. The zero-order chi connectivity index (χ0) is 12.4. The Hall–Kier alpha value is -0.870. The Morgan fingerprint density at radius 1 is 1.28 bits per heavy atom. The largest absolute Gasteiger partial charge is 0.390 e. The molecule has 0 saturated carbocycles. The zero-order valence-corrected chi connectivity index (χ0v) is 11.0. The van der Waals surface area contributed by atoms with E-state index in [4.69, 9.17) is 0 Å². The van der Waals surface area contributed by atoms with Gasteiger partial charge in [-0.15, -0.1) is 0 Å². The van der Waals surface area contributed by atoms with Gasteiger partial charge in [-0.3, -0.25) is 0 Å². The minimum atomic E-state index is 0.0907. The van der Waals surface area contributed by atoms with E-state index < -0.39 is 0 Å². The topological polar surface area (TPSA) is 50.1 Å². The average Bonchev–Trinajstić information content (AvgIpc) is 2.78. The fourth-order valence-electron chi connectivity index (χ4n) is 3.30. The van der Waals surface area contributed by atoms with Crippen LogP contribution >= 0.6 is 0 Å². The van der Waals surface area contributed by atoms with Crippen molar-refractivity contribution in [2.75, 3.05) is 6.54 Å². The SMILES string of the molecule is OCc1nc(CC2CCCCN2)n2c1CCCC2. The predicted molar refractivity (Wildman–Crippen MR) is 70.4 cm³/mol. The van der Waals surface area contributed by atoms with Crippen molar-refractivity contribution in [3.05, 3.63) is 17.2 Å². The lowest BCUT2D eigenvalue weighted by molar-refractivity contribution is 0.275. The first kappa shape index (κ1) is 12.2. The fraction of sp³-hybridized carbons (Fsp3) is 0.786. The van der Waals surface area contributed by atoms with Crippen molar-refractivity contribution >= 4 is 0 Å². The van der Waals surface area contributed by atoms with E-state index in [0.29, 0.717) is 6.04 Å². The smallest absolute Gasteiger partial charge is 0.110 e. The van der Waals surface area contributed by atoms with Crippen molar-refractivity contribution in [2.45, 2.75) is 64.1 Å². The molecule has 1 aromatic heterocycles. The number of nitrogens with zero attached hydrogens (tertiary/aromatic N) is 2. The quantitative estimate of drug-likeness (QED) is 0.851. The number of hydrogen-bond donors (Lipinski definition) is 2. The molecule has 1 atom stereocenters. The normalized spacial score (nSPS) is 23.9. The highest BCUT2D eigenvalue weighted by Crippen LogP contribution is 2.23. The van der Waals surface area contributed by atoms with Gasteiger partial charge in [0.2, 0.25) is 0 Å². The van der Waals surface area contributed by atoms with E-state index in [-0.39, 0.29) is 6.61 Å². The highest BCUT2D eigenvalue weighted by Gasteiger charge is 2.22. The number of fused-ring (bicyclic) bond motifs is 1. The number of aliphatic hydroxyl groups excluding tert-OH is 1. The van der Waals surface area contributed by atoms with Crippen LogP contribution < -0.4 is 5.32 Å². The van der Waals surface area contributed by atoms with Gasteiger partial charge in [-0.25, -0.2) is 4.98 Å². The summed E-state index contributed by atoms with van der Waals surface area (Å²) in [4.78, 5) is 4.68. The number of rotatable bonds is 3. The van der Waals surface area contributed by atoms with E-state index in [1.54, 1.807) is 0 Å². The Balaban J connectivity index is 1.80. The summed E-state index contributed by atoms with van der Waals surface area (Å²) in [6.07, 6.45) is 8.49. The predicted octanol–water partition coefficient (Wildman–Crippen LogP) is 1.40. The van der Waals surface area contributed by atoms with Crippen molar-refractivity contribution in [2.24, 2.45) is 0 Å². The maximum atomic E-state index is 9.42. The van der Waals surface area contributed by atoms with Crippen LogP contribution in [0.3, 0.4) is 0 Å². The van der Waals surface area contributed by atoms with Gasteiger partial charge in [0.15, 0.2) is 0 Å². The lowest BCUT2D eigenvalue weighted by atomic mass is 10.0. The van der Waals surface area contributed by atoms with Crippen LogP contribution in [0.5, 0.6) is 0 Å². The van der Waals surface area contributed by atoms with Crippen LogP contribution in [0.25, 0.3) is 0 Å². The van der Waals surface area contributed by atoms with Crippen LogP contribution in [-0.4, -0.2) is 27.2 Å². The summed E-state index contributed by atoms with van der Waals surface area (Å²) >= 11 is 0. The summed E-state index contributed by atoms with van der Waals surface area (Å²) < 4.78 is 2.37. The molecule has 0 amide bonds. The number of aliphatic hydroxyl groups is 1. The van der Waals surface area contributed by atoms with Crippen LogP contribution in [0.4, 0.5) is 0 Å². The Morgan fingerprint density at radius 3 is 3.00 bits per heavy atom. The lowest BCUT2D eigenvalue weighted by Crippen LogP contribution is -2.36. The Kier molecular flexibility index (Phi) is 3.66. The van der Waals surface area contributed by atoms with E-state index in [1.165, 1.54) is 43.6 Å². The molecule has 0 aliphatic carbocycles. The maximum Gasteiger partial charge on any atom is 0.110 e. The third kappa shape index (κ3) is 2.31. The van der Waals surface area contributed by atoms with Gasteiger partial charge in [-0.1, -0.05) is 6.42 Å². The van der Waals surface area contributed by atoms with Gasteiger partial charge in [-0.2, -0.15) is 0 Å². The highest BCUT2D eigenvalue weighted by atomic mass is 16.3. The fourth-order valence-corrected chi connectivity index (χ4v) is 3.30. The third-order valence-electron chi connectivity index (χ3n) is 4.27. The van der Waals surface area contributed by atoms with Crippen molar-refractivity contribution in [3.8, 4) is 0 Å². The first-order valence-electron chi connectivity index (χ1n) is 7.30. The lowest BCUT2D eigenvalue weighted by Gasteiger charge is -2.24. The second-order valence-corrected chi connectivity index (χ2v) is 5.54. The average molecular weight is 249 g/mol. The van der Waals surface area contributed by atoms with Gasteiger partial charge in [0, 0.05) is 24.7 Å². The molecular formula is C14H23N3O. The Labute approximate surface area is 108 Å². The molecule has 0 aromatic carbocycles. The van der Waals surface area contributed by atoms with Crippen LogP contribution in [0.1, 0.15) is 49.3 Å². The molecule has 0 spiro atoms. The first-order chi connectivity index (χ1) is 8.88. The summed E-state index contributed by atoms with van der Waals surface area (Å²) in [7, 11) is 0. The second kappa shape index (κ2) is 5.41. The van der Waals surface area contributed by atoms with Crippen molar-refractivity contribution in [1.82, 2.24) is 14.9 Å². The molecule has 0 bridgehead atoms. The molecule has 1 fully saturated rings. The molecule has 3 rings (SSSR count). The third-order valence-corrected chi connectivity index (χ3v) is 4.27. The molecule has 1 saturated heterocycles. The molecule has 2 N–H and O–H groups in total. The Morgan fingerprint density at radius 2 is 2.22 bits per heavy atom. The molecule has 0 radical (unpaired) electrons. The molecule has 100 valence electrons. The minimum absolute atomic E-state index is 0.0907. The molecule has 2 aliphatic heterocycles.